The van der Waals surface area contributed by atoms with Crippen LogP contribution in [0.2, 0.25) is 0 Å². The quantitative estimate of drug-likeness (QED) is 0.883. The Bertz CT molecular complexity index is 834. The standard InChI is InChI=1S/C18H21N5OS/c1-11-4-5-13(22-16(24)15-10-20-12(2)9-21-15)8-14(11)18(3)6-7-25-17(19)23-18/h4-5,8-10H,6-7H2,1-3H3,(H2,19,23)(H,22,24). The van der Waals surface area contributed by atoms with Crippen LogP contribution < -0.4 is 11.1 Å². The molecule has 2 heterocycles. The van der Waals surface area contributed by atoms with Gasteiger partial charge in [0, 0.05) is 17.6 Å². The maximum atomic E-state index is 12.4. The number of aromatic nitrogens is 2. The fraction of sp³-hybridized carbons (Fsp3) is 0.333. The van der Waals surface area contributed by atoms with E-state index >= 15 is 0 Å². The summed E-state index contributed by atoms with van der Waals surface area (Å²) in [5, 5.41) is 3.50. The molecule has 1 aromatic heterocycles. The summed E-state index contributed by atoms with van der Waals surface area (Å²) in [4.78, 5) is 25.2. The summed E-state index contributed by atoms with van der Waals surface area (Å²) < 4.78 is 0. The molecule has 2 aromatic rings. The first-order valence-electron chi connectivity index (χ1n) is 8.07. The van der Waals surface area contributed by atoms with Crippen molar-refractivity contribution < 1.29 is 4.79 Å². The van der Waals surface area contributed by atoms with Crippen LogP contribution in [-0.4, -0.2) is 26.8 Å². The van der Waals surface area contributed by atoms with Crippen molar-refractivity contribution in [3.05, 3.63) is 53.1 Å². The highest BCUT2D eigenvalue weighted by atomic mass is 32.2. The number of hydrogen-bond acceptors (Lipinski definition) is 6. The number of carbonyl (C=O) groups excluding carboxylic acids is 1. The van der Waals surface area contributed by atoms with Crippen molar-refractivity contribution in [1.82, 2.24) is 9.97 Å². The highest BCUT2D eigenvalue weighted by molar-refractivity contribution is 8.13. The highest BCUT2D eigenvalue weighted by Crippen LogP contribution is 2.37. The van der Waals surface area contributed by atoms with Crippen LogP contribution >= 0.6 is 11.8 Å². The van der Waals surface area contributed by atoms with Crippen molar-refractivity contribution in [2.75, 3.05) is 11.1 Å². The molecule has 0 bridgehead atoms. The molecule has 0 saturated carbocycles. The van der Waals surface area contributed by atoms with Crippen molar-refractivity contribution in [1.29, 1.82) is 0 Å². The zero-order valence-corrected chi connectivity index (χ0v) is 15.4. The average Bonchev–Trinajstić information content (AvgIpc) is 2.57. The first kappa shape index (κ1) is 17.4. The Labute approximate surface area is 151 Å². The van der Waals surface area contributed by atoms with E-state index in [0.717, 1.165) is 29.0 Å². The molecule has 3 N–H and O–H groups in total. The molecule has 0 aliphatic carbocycles. The van der Waals surface area contributed by atoms with E-state index in [4.69, 9.17) is 5.73 Å². The van der Waals surface area contributed by atoms with Gasteiger partial charge < -0.3 is 11.1 Å². The molecule has 0 saturated heterocycles. The van der Waals surface area contributed by atoms with Crippen LogP contribution in [0.5, 0.6) is 0 Å². The lowest BCUT2D eigenvalue weighted by atomic mass is 9.86. The predicted octanol–water partition coefficient (Wildman–Crippen LogP) is 3.01. The van der Waals surface area contributed by atoms with Crippen LogP contribution in [0.1, 0.15) is 40.7 Å². The Hall–Kier alpha value is -2.41. The molecule has 25 heavy (non-hydrogen) atoms. The first-order chi connectivity index (χ1) is 11.9. The number of nitrogens with one attached hydrogen (secondary N) is 1. The number of benzene rings is 1. The van der Waals surface area contributed by atoms with Gasteiger partial charge in [0.1, 0.15) is 5.69 Å². The fourth-order valence-electron chi connectivity index (χ4n) is 2.87. The number of anilines is 1. The average molecular weight is 355 g/mol. The second-order valence-corrected chi connectivity index (χ2v) is 7.46. The van der Waals surface area contributed by atoms with Gasteiger partial charge in [-0.2, -0.15) is 0 Å². The zero-order chi connectivity index (χ0) is 18.0. The van der Waals surface area contributed by atoms with Gasteiger partial charge in [-0.1, -0.05) is 17.8 Å². The molecule has 0 fully saturated rings. The van der Waals surface area contributed by atoms with Gasteiger partial charge in [-0.25, -0.2) is 4.98 Å². The molecule has 1 aromatic carbocycles. The van der Waals surface area contributed by atoms with Crippen LogP contribution in [0.4, 0.5) is 5.69 Å². The van der Waals surface area contributed by atoms with E-state index in [-0.39, 0.29) is 17.1 Å². The van der Waals surface area contributed by atoms with Crippen molar-refractivity contribution in [2.24, 2.45) is 10.7 Å². The van der Waals surface area contributed by atoms with E-state index in [1.807, 2.05) is 32.0 Å². The third kappa shape index (κ3) is 3.82. The maximum Gasteiger partial charge on any atom is 0.275 e. The van der Waals surface area contributed by atoms with Crippen molar-refractivity contribution >= 4 is 28.5 Å². The third-order valence-electron chi connectivity index (χ3n) is 4.29. The van der Waals surface area contributed by atoms with Gasteiger partial charge in [0.05, 0.1) is 17.4 Å². The molecule has 0 radical (unpaired) electrons. The molecule has 1 aliphatic heterocycles. The summed E-state index contributed by atoms with van der Waals surface area (Å²) in [6.45, 7) is 5.96. The molecule has 6 nitrogen and oxygen atoms in total. The largest absolute Gasteiger partial charge is 0.379 e. The Kier molecular flexibility index (Phi) is 4.76. The Morgan fingerprint density at radius 3 is 2.76 bits per heavy atom. The van der Waals surface area contributed by atoms with Crippen LogP contribution in [0.3, 0.4) is 0 Å². The lowest BCUT2D eigenvalue weighted by Crippen LogP contribution is -2.29. The second kappa shape index (κ2) is 6.84. The number of nitrogens with two attached hydrogens (primary N) is 1. The van der Waals surface area contributed by atoms with Gasteiger partial charge in [0.25, 0.3) is 5.91 Å². The lowest BCUT2D eigenvalue weighted by Gasteiger charge is -2.31. The Balaban J connectivity index is 1.88. The van der Waals surface area contributed by atoms with Crippen LogP contribution in [0, 0.1) is 13.8 Å². The molecule has 7 heteroatoms. The normalized spacial score (nSPS) is 20.0. The number of rotatable bonds is 3. The number of thioether (sulfide) groups is 1. The number of carbonyl (C=O) groups is 1. The van der Waals surface area contributed by atoms with Gasteiger partial charge in [-0.15, -0.1) is 0 Å². The molecule has 1 unspecified atom stereocenters. The number of nitrogens with zero attached hydrogens (tertiary/aromatic N) is 3. The highest BCUT2D eigenvalue weighted by Gasteiger charge is 2.31. The summed E-state index contributed by atoms with van der Waals surface area (Å²) in [7, 11) is 0. The zero-order valence-electron chi connectivity index (χ0n) is 14.5. The summed E-state index contributed by atoms with van der Waals surface area (Å²) >= 11 is 1.58. The summed E-state index contributed by atoms with van der Waals surface area (Å²) in [5.74, 6) is 0.649. The number of amides is 1. The SMILES string of the molecule is Cc1cnc(C(=O)Nc2ccc(C)c(C3(C)CCSC(N)=N3)c2)cn1. The molecule has 1 atom stereocenters. The van der Waals surface area contributed by atoms with Crippen LogP contribution in [0.15, 0.2) is 35.6 Å². The molecular weight excluding hydrogens is 334 g/mol. The van der Waals surface area contributed by atoms with Crippen molar-refractivity contribution in [2.45, 2.75) is 32.7 Å². The minimum Gasteiger partial charge on any atom is -0.379 e. The Morgan fingerprint density at radius 1 is 1.28 bits per heavy atom. The number of hydrogen-bond donors (Lipinski definition) is 2. The molecular formula is C18H21N5OS. The van der Waals surface area contributed by atoms with Gasteiger partial charge in [0.15, 0.2) is 5.17 Å². The van der Waals surface area contributed by atoms with Crippen molar-refractivity contribution in [3.8, 4) is 0 Å². The summed E-state index contributed by atoms with van der Waals surface area (Å²) in [5.41, 5.74) is 9.53. The lowest BCUT2D eigenvalue weighted by molar-refractivity contribution is 0.102. The maximum absolute atomic E-state index is 12.4. The number of aliphatic imine (C=N–C) groups is 1. The van der Waals surface area contributed by atoms with Gasteiger partial charge >= 0.3 is 0 Å². The number of aryl methyl sites for hydroxylation is 2. The van der Waals surface area contributed by atoms with Crippen LogP contribution in [0.25, 0.3) is 0 Å². The Morgan fingerprint density at radius 2 is 2.08 bits per heavy atom. The monoisotopic (exact) mass is 355 g/mol. The topological polar surface area (TPSA) is 93.3 Å². The third-order valence-corrected chi connectivity index (χ3v) is 5.08. The minimum absolute atomic E-state index is 0.283. The van der Waals surface area contributed by atoms with E-state index in [2.05, 4.69) is 27.2 Å². The van der Waals surface area contributed by atoms with E-state index in [9.17, 15) is 4.79 Å². The first-order valence-corrected chi connectivity index (χ1v) is 9.05. The van der Waals surface area contributed by atoms with Gasteiger partial charge in [-0.3, -0.25) is 14.8 Å². The van der Waals surface area contributed by atoms with Crippen molar-refractivity contribution in [3.63, 3.8) is 0 Å². The predicted molar refractivity (Wildman–Crippen MR) is 102 cm³/mol. The van der Waals surface area contributed by atoms with E-state index in [1.165, 1.54) is 6.20 Å². The van der Waals surface area contributed by atoms with E-state index in [0.29, 0.717) is 10.9 Å². The van der Waals surface area contributed by atoms with Crippen LogP contribution in [-0.2, 0) is 5.54 Å². The van der Waals surface area contributed by atoms with Gasteiger partial charge in [0.2, 0.25) is 0 Å². The smallest absolute Gasteiger partial charge is 0.275 e. The van der Waals surface area contributed by atoms with E-state index < -0.39 is 0 Å². The molecule has 3 rings (SSSR count). The number of amidine groups is 1. The second-order valence-electron chi connectivity index (χ2n) is 6.35. The molecule has 1 amide bonds. The molecule has 1 aliphatic rings. The molecule has 130 valence electrons. The van der Waals surface area contributed by atoms with Gasteiger partial charge in [-0.05, 0) is 50.5 Å². The summed E-state index contributed by atoms with van der Waals surface area (Å²) in [6, 6.07) is 5.85. The minimum atomic E-state index is -0.371. The molecule has 0 spiro atoms. The summed E-state index contributed by atoms with van der Waals surface area (Å²) in [6.07, 6.45) is 3.96. The van der Waals surface area contributed by atoms with E-state index in [1.54, 1.807) is 18.0 Å². The fourth-order valence-corrected chi connectivity index (χ4v) is 3.84.